The molecule has 0 bridgehead atoms. The number of likely N-dealkylation sites (tertiary alicyclic amines) is 1. The number of benzene rings is 2. The number of amides is 1. The highest BCUT2D eigenvalue weighted by molar-refractivity contribution is 6.34. The van der Waals surface area contributed by atoms with Gasteiger partial charge in [-0.1, -0.05) is 41.4 Å². The van der Waals surface area contributed by atoms with Crippen LogP contribution >= 0.6 is 23.2 Å². The molecule has 2 aromatic rings. The maximum atomic E-state index is 12.3. The molecule has 0 aliphatic carbocycles. The van der Waals surface area contributed by atoms with Crippen molar-refractivity contribution in [2.75, 3.05) is 6.61 Å². The average Bonchev–Trinajstić information content (AvgIpc) is 2.98. The lowest BCUT2D eigenvalue weighted by Gasteiger charge is -2.25. The van der Waals surface area contributed by atoms with E-state index in [9.17, 15) is 9.59 Å². The molecule has 28 heavy (non-hydrogen) atoms. The van der Waals surface area contributed by atoms with E-state index in [0.717, 1.165) is 17.2 Å². The molecular weight excluding hydrogens is 401 g/mol. The Hall–Kier alpha value is -2.50. The number of carbonyl (C=O) groups is 2. The molecule has 146 valence electrons. The van der Waals surface area contributed by atoms with Crippen molar-refractivity contribution in [3.05, 3.63) is 69.7 Å². The van der Waals surface area contributed by atoms with E-state index in [1.807, 2.05) is 24.3 Å². The molecule has 1 N–H and O–H groups in total. The van der Waals surface area contributed by atoms with Gasteiger partial charge in [-0.3, -0.25) is 4.79 Å². The van der Waals surface area contributed by atoms with E-state index in [4.69, 9.17) is 33.0 Å². The molecule has 0 unspecified atom stereocenters. The van der Waals surface area contributed by atoms with Crippen molar-refractivity contribution < 1.29 is 19.4 Å². The van der Waals surface area contributed by atoms with E-state index in [-0.39, 0.29) is 11.9 Å². The number of hydrogen-bond acceptors (Lipinski definition) is 3. The predicted octanol–water partition coefficient (Wildman–Crippen LogP) is 4.66. The molecule has 1 amide bonds. The number of rotatable bonds is 7. The molecule has 1 aliphatic rings. The summed E-state index contributed by atoms with van der Waals surface area (Å²) >= 11 is 12.0. The van der Waals surface area contributed by atoms with E-state index < -0.39 is 5.97 Å². The Morgan fingerprint density at radius 3 is 2.68 bits per heavy atom. The molecule has 1 atom stereocenters. The van der Waals surface area contributed by atoms with Gasteiger partial charge in [-0.25, -0.2) is 4.79 Å². The lowest BCUT2D eigenvalue weighted by molar-refractivity contribution is -0.131. The summed E-state index contributed by atoms with van der Waals surface area (Å²) in [5.41, 5.74) is 1.70. The fraction of sp³-hybridized carbons (Fsp3) is 0.238. The number of halogens is 2. The van der Waals surface area contributed by atoms with Crippen molar-refractivity contribution in [1.82, 2.24) is 4.90 Å². The van der Waals surface area contributed by atoms with Crippen LogP contribution in [0.2, 0.25) is 10.0 Å². The lowest BCUT2D eigenvalue weighted by Crippen LogP contribution is -2.36. The molecule has 3 rings (SSSR count). The van der Waals surface area contributed by atoms with Crippen molar-refractivity contribution in [1.29, 1.82) is 0 Å². The van der Waals surface area contributed by atoms with Crippen LogP contribution in [-0.4, -0.2) is 34.5 Å². The van der Waals surface area contributed by atoms with Gasteiger partial charge in [0.05, 0.1) is 6.04 Å². The number of hydrogen-bond donors (Lipinski definition) is 1. The first-order valence-electron chi connectivity index (χ1n) is 8.79. The molecule has 7 heteroatoms. The lowest BCUT2D eigenvalue weighted by atomic mass is 10.1. The number of aliphatic carboxylic acids is 1. The van der Waals surface area contributed by atoms with Gasteiger partial charge in [0.15, 0.2) is 0 Å². The Balaban J connectivity index is 1.67. The third-order valence-electron chi connectivity index (χ3n) is 4.45. The predicted molar refractivity (Wildman–Crippen MR) is 109 cm³/mol. The second-order valence-corrected chi connectivity index (χ2v) is 7.42. The SMILES string of the molecule is O=C(O)/C=C/c1cccc(CN2C(=O)CC[C@@H]2COc2cc(Cl)cc(Cl)c2)c1. The standard InChI is InChI=1S/C21H19Cl2NO4/c22-16-9-17(23)11-19(10-16)28-13-18-5-6-20(25)24(18)12-15-3-1-2-14(8-15)4-7-21(26)27/h1-4,7-11,18H,5-6,12-13H2,(H,26,27)/b7-4+/t18-/m1/s1. The summed E-state index contributed by atoms with van der Waals surface area (Å²) in [7, 11) is 0. The van der Waals surface area contributed by atoms with Crippen LogP contribution in [0.3, 0.4) is 0 Å². The number of ether oxygens (including phenoxy) is 1. The first-order chi connectivity index (χ1) is 13.4. The van der Waals surface area contributed by atoms with Gasteiger partial charge < -0.3 is 14.7 Å². The zero-order chi connectivity index (χ0) is 20.1. The Bertz CT molecular complexity index is 893. The quantitative estimate of drug-likeness (QED) is 0.662. The van der Waals surface area contributed by atoms with Gasteiger partial charge in [0.25, 0.3) is 0 Å². The molecule has 0 spiro atoms. The molecule has 0 radical (unpaired) electrons. The summed E-state index contributed by atoms with van der Waals surface area (Å²) in [6, 6.07) is 12.4. The zero-order valence-corrected chi connectivity index (χ0v) is 16.5. The smallest absolute Gasteiger partial charge is 0.328 e. The van der Waals surface area contributed by atoms with Crippen molar-refractivity contribution >= 4 is 41.2 Å². The van der Waals surface area contributed by atoms with Crippen LogP contribution in [0.5, 0.6) is 5.75 Å². The minimum absolute atomic E-state index is 0.0523. The van der Waals surface area contributed by atoms with Crippen molar-refractivity contribution in [3.8, 4) is 5.75 Å². The Labute approximate surface area is 173 Å². The topological polar surface area (TPSA) is 66.8 Å². The molecule has 2 aromatic carbocycles. The molecule has 1 saturated heterocycles. The third kappa shape index (κ3) is 5.50. The molecule has 0 aromatic heterocycles. The van der Waals surface area contributed by atoms with Gasteiger partial charge in [0.1, 0.15) is 12.4 Å². The van der Waals surface area contributed by atoms with Gasteiger partial charge in [-0.2, -0.15) is 0 Å². The van der Waals surface area contributed by atoms with Crippen LogP contribution in [-0.2, 0) is 16.1 Å². The van der Waals surface area contributed by atoms with Crippen LogP contribution in [0.25, 0.3) is 6.08 Å². The second kappa shape index (κ2) is 9.13. The fourth-order valence-electron chi connectivity index (χ4n) is 3.15. The minimum Gasteiger partial charge on any atom is -0.491 e. The molecule has 1 fully saturated rings. The monoisotopic (exact) mass is 419 g/mol. The van der Waals surface area contributed by atoms with E-state index in [1.165, 1.54) is 6.08 Å². The Morgan fingerprint density at radius 2 is 1.96 bits per heavy atom. The summed E-state index contributed by atoms with van der Waals surface area (Å²) in [5.74, 6) is -0.361. The van der Waals surface area contributed by atoms with Crippen LogP contribution in [0.1, 0.15) is 24.0 Å². The first-order valence-corrected chi connectivity index (χ1v) is 9.54. The van der Waals surface area contributed by atoms with Crippen LogP contribution in [0.15, 0.2) is 48.5 Å². The van der Waals surface area contributed by atoms with Crippen molar-refractivity contribution in [2.24, 2.45) is 0 Å². The van der Waals surface area contributed by atoms with Gasteiger partial charge in [0.2, 0.25) is 5.91 Å². The summed E-state index contributed by atoms with van der Waals surface area (Å²) < 4.78 is 5.82. The zero-order valence-electron chi connectivity index (χ0n) is 15.0. The highest BCUT2D eigenvalue weighted by atomic mass is 35.5. The summed E-state index contributed by atoms with van der Waals surface area (Å²) in [6.45, 7) is 0.791. The molecule has 5 nitrogen and oxygen atoms in total. The van der Waals surface area contributed by atoms with Crippen LogP contribution in [0.4, 0.5) is 0 Å². The second-order valence-electron chi connectivity index (χ2n) is 6.55. The van der Waals surface area contributed by atoms with Gasteiger partial charge in [-0.05, 0) is 47.9 Å². The summed E-state index contributed by atoms with van der Waals surface area (Å²) in [4.78, 5) is 24.8. The third-order valence-corrected chi connectivity index (χ3v) is 4.89. The maximum absolute atomic E-state index is 12.3. The molecule has 1 aliphatic heterocycles. The largest absolute Gasteiger partial charge is 0.491 e. The molecular formula is C21H19Cl2NO4. The first kappa shape index (κ1) is 20.2. The Kier molecular flexibility index (Phi) is 6.60. The number of carboxylic acids is 1. The molecule has 0 saturated carbocycles. The summed E-state index contributed by atoms with van der Waals surface area (Å²) in [6.07, 6.45) is 3.81. The van der Waals surface area contributed by atoms with Gasteiger partial charge in [-0.15, -0.1) is 0 Å². The molecule has 1 heterocycles. The highest BCUT2D eigenvalue weighted by Gasteiger charge is 2.31. The van der Waals surface area contributed by atoms with Gasteiger partial charge >= 0.3 is 5.97 Å². The summed E-state index contributed by atoms with van der Waals surface area (Å²) in [5, 5.41) is 9.75. The van der Waals surface area contributed by atoms with E-state index >= 15 is 0 Å². The number of nitrogens with zero attached hydrogens (tertiary/aromatic N) is 1. The highest BCUT2D eigenvalue weighted by Crippen LogP contribution is 2.27. The van der Waals surface area contributed by atoms with Crippen LogP contribution in [0, 0.1) is 0 Å². The van der Waals surface area contributed by atoms with Crippen molar-refractivity contribution in [2.45, 2.75) is 25.4 Å². The average molecular weight is 420 g/mol. The van der Waals surface area contributed by atoms with E-state index in [1.54, 1.807) is 23.1 Å². The van der Waals surface area contributed by atoms with Crippen molar-refractivity contribution in [3.63, 3.8) is 0 Å². The fourth-order valence-corrected chi connectivity index (χ4v) is 3.65. The van der Waals surface area contributed by atoms with Crippen LogP contribution < -0.4 is 4.74 Å². The van der Waals surface area contributed by atoms with E-state index in [0.29, 0.717) is 41.8 Å². The number of carboxylic acid groups (broad SMARTS) is 1. The number of carbonyl (C=O) groups excluding carboxylic acids is 1. The Morgan fingerprint density at radius 1 is 1.21 bits per heavy atom. The normalized spacial score (nSPS) is 16.7. The van der Waals surface area contributed by atoms with E-state index in [2.05, 4.69) is 0 Å². The minimum atomic E-state index is -1.00. The maximum Gasteiger partial charge on any atom is 0.328 e. The van der Waals surface area contributed by atoms with Gasteiger partial charge in [0, 0.05) is 29.1 Å².